The van der Waals surface area contributed by atoms with E-state index in [1.807, 2.05) is 0 Å². The van der Waals surface area contributed by atoms with Gasteiger partial charge in [0.2, 0.25) is 5.89 Å². The van der Waals surface area contributed by atoms with Gasteiger partial charge >= 0.3 is 6.01 Å². The van der Waals surface area contributed by atoms with Crippen LogP contribution in [0.1, 0.15) is 6.42 Å². The van der Waals surface area contributed by atoms with Crippen LogP contribution >= 0.6 is 23.2 Å². The maximum atomic E-state index is 13.4. The molecule has 2 aromatic carbocycles. The summed E-state index contributed by atoms with van der Waals surface area (Å²) in [5, 5.41) is 21.9. The van der Waals surface area contributed by atoms with E-state index in [4.69, 9.17) is 32.4 Å². The molecule has 0 aliphatic carbocycles. The largest absolute Gasteiger partial charge is 0.484 e. The summed E-state index contributed by atoms with van der Waals surface area (Å²) < 4.78 is 24.4. The Morgan fingerprint density at radius 3 is 2.75 bits per heavy atom. The van der Waals surface area contributed by atoms with Crippen molar-refractivity contribution < 1.29 is 23.4 Å². The molecule has 0 saturated carbocycles. The molecule has 1 aliphatic heterocycles. The van der Waals surface area contributed by atoms with Crippen LogP contribution in [0.4, 0.5) is 10.4 Å². The number of β-amino-alcohol motifs (C(OH)–C–C–N with tert-alkyl or cyclic N) is 1. The summed E-state index contributed by atoms with van der Waals surface area (Å²) in [6.45, 7) is 0.381. The molecule has 0 spiro atoms. The second-order valence-corrected chi connectivity index (χ2v) is 8.08. The van der Waals surface area contributed by atoms with Gasteiger partial charge in [0.25, 0.3) is 5.91 Å². The number of carbonyl (C=O) groups excluding carboxylic acids is 1. The molecule has 4 rings (SSSR count). The lowest BCUT2D eigenvalue weighted by Crippen LogP contribution is -2.55. The fourth-order valence-electron chi connectivity index (χ4n) is 3.29. The van der Waals surface area contributed by atoms with E-state index in [2.05, 4.69) is 15.5 Å². The Bertz CT molecular complexity index is 1100. The number of nitrogens with one attached hydrogen (secondary N) is 1. The van der Waals surface area contributed by atoms with Crippen LogP contribution in [0.3, 0.4) is 0 Å². The molecule has 2 heterocycles. The van der Waals surface area contributed by atoms with Gasteiger partial charge in [-0.25, -0.2) is 4.39 Å². The van der Waals surface area contributed by atoms with Gasteiger partial charge in [-0.15, -0.1) is 5.10 Å². The van der Waals surface area contributed by atoms with E-state index in [0.29, 0.717) is 23.9 Å². The molecule has 1 aromatic heterocycles. The van der Waals surface area contributed by atoms with E-state index in [1.165, 1.54) is 12.1 Å². The van der Waals surface area contributed by atoms with Gasteiger partial charge in [0.15, 0.2) is 6.61 Å². The monoisotopic (exact) mass is 480 g/mol. The molecule has 1 aliphatic rings. The Balaban J connectivity index is 1.29. The van der Waals surface area contributed by atoms with E-state index < -0.39 is 23.9 Å². The topological polar surface area (TPSA) is 101 Å². The number of aliphatic hydroxyl groups is 1. The zero-order chi connectivity index (χ0) is 22.7. The first-order valence-corrected chi connectivity index (χ1v) is 10.5. The third kappa shape index (κ3) is 5.29. The first kappa shape index (κ1) is 22.3. The van der Waals surface area contributed by atoms with Crippen molar-refractivity contribution >= 4 is 35.1 Å². The van der Waals surface area contributed by atoms with Crippen LogP contribution in [-0.4, -0.2) is 53.1 Å². The minimum Gasteiger partial charge on any atom is -0.484 e. The average Bonchev–Trinajstić information content (AvgIpc) is 3.27. The van der Waals surface area contributed by atoms with E-state index >= 15 is 0 Å². The lowest BCUT2D eigenvalue weighted by molar-refractivity contribution is -0.124. The molecule has 32 heavy (non-hydrogen) atoms. The minimum absolute atomic E-state index is 0.0294. The molecule has 0 unspecified atom stereocenters. The quantitative estimate of drug-likeness (QED) is 0.557. The van der Waals surface area contributed by atoms with Crippen molar-refractivity contribution in [1.29, 1.82) is 0 Å². The molecule has 1 saturated heterocycles. The molecule has 0 bridgehead atoms. The third-order valence-electron chi connectivity index (χ3n) is 4.97. The number of halogens is 3. The average molecular weight is 481 g/mol. The van der Waals surface area contributed by atoms with Crippen LogP contribution in [-0.2, 0) is 4.79 Å². The van der Waals surface area contributed by atoms with E-state index in [0.717, 1.165) is 11.6 Å². The summed E-state index contributed by atoms with van der Waals surface area (Å²) in [5.74, 6) is -0.532. The predicted octanol–water partition coefficient (Wildman–Crippen LogP) is 3.32. The highest BCUT2D eigenvalue weighted by Crippen LogP contribution is 2.25. The highest BCUT2D eigenvalue weighted by Gasteiger charge is 2.31. The maximum absolute atomic E-state index is 13.4. The molecule has 1 amide bonds. The number of hydrogen-bond donors (Lipinski definition) is 2. The number of ether oxygens (including phenoxy) is 1. The molecule has 1 fully saturated rings. The predicted molar refractivity (Wildman–Crippen MR) is 116 cm³/mol. The summed E-state index contributed by atoms with van der Waals surface area (Å²) in [6.07, 6.45) is -0.396. The number of rotatable bonds is 6. The number of benzene rings is 2. The second-order valence-electron chi connectivity index (χ2n) is 7.24. The SMILES string of the molecule is O=C(COc1ccc(Cl)c(F)c1)N[C@@H]1CCN(c2nnc(-c3ccc(Cl)cc3)o2)C[C@H]1O. The Labute approximate surface area is 192 Å². The van der Waals surface area contributed by atoms with E-state index in [1.54, 1.807) is 29.2 Å². The van der Waals surface area contributed by atoms with Crippen LogP contribution in [0.15, 0.2) is 46.9 Å². The van der Waals surface area contributed by atoms with E-state index in [9.17, 15) is 14.3 Å². The number of amides is 1. The first-order chi connectivity index (χ1) is 15.4. The van der Waals surface area contributed by atoms with Crippen molar-refractivity contribution in [3.8, 4) is 17.2 Å². The Morgan fingerprint density at radius 1 is 1.25 bits per heavy atom. The molecule has 11 heteroatoms. The van der Waals surface area contributed by atoms with Gasteiger partial charge in [0.05, 0.1) is 23.7 Å². The second kappa shape index (κ2) is 9.72. The fraction of sp³-hybridized carbons (Fsp3) is 0.286. The van der Waals surface area contributed by atoms with Gasteiger partial charge in [-0.2, -0.15) is 0 Å². The summed E-state index contributed by atoms with van der Waals surface area (Å²) in [4.78, 5) is 13.9. The molecule has 0 radical (unpaired) electrons. The van der Waals surface area contributed by atoms with Gasteiger partial charge < -0.3 is 24.5 Å². The van der Waals surface area contributed by atoms with Crippen LogP contribution in [0.25, 0.3) is 11.5 Å². The number of aromatic nitrogens is 2. The smallest absolute Gasteiger partial charge is 0.318 e. The molecular weight excluding hydrogens is 462 g/mol. The number of nitrogens with zero attached hydrogens (tertiary/aromatic N) is 3. The van der Waals surface area contributed by atoms with Crippen molar-refractivity contribution in [2.45, 2.75) is 18.6 Å². The van der Waals surface area contributed by atoms with E-state index in [-0.39, 0.29) is 29.9 Å². The lowest BCUT2D eigenvalue weighted by Gasteiger charge is -2.35. The molecule has 2 N–H and O–H groups in total. The number of anilines is 1. The molecule has 3 aromatic rings. The van der Waals surface area contributed by atoms with Gasteiger partial charge in [-0.05, 0) is 42.8 Å². The highest BCUT2D eigenvalue weighted by atomic mass is 35.5. The van der Waals surface area contributed by atoms with Crippen molar-refractivity contribution in [3.63, 3.8) is 0 Å². The molecular formula is C21H19Cl2FN4O4. The number of carbonyl (C=O) groups is 1. The standard InChI is InChI=1S/C21H19Cl2FN4O4/c22-13-3-1-12(2-4-13)20-26-27-21(32-20)28-8-7-17(18(29)10-28)25-19(30)11-31-14-5-6-15(23)16(24)9-14/h1-6,9,17-18,29H,7-8,10-11H2,(H,25,30)/t17-,18-/m1/s1. The van der Waals surface area contributed by atoms with Crippen molar-refractivity contribution in [2.75, 3.05) is 24.6 Å². The summed E-state index contributed by atoms with van der Waals surface area (Å²) in [7, 11) is 0. The Kier molecular flexibility index (Phi) is 6.78. The third-order valence-corrected chi connectivity index (χ3v) is 5.52. The molecule has 168 valence electrons. The molecule has 8 nitrogen and oxygen atoms in total. The van der Waals surface area contributed by atoms with Gasteiger partial charge in [-0.1, -0.05) is 28.3 Å². The zero-order valence-electron chi connectivity index (χ0n) is 16.7. The number of hydrogen-bond acceptors (Lipinski definition) is 7. The molecule has 2 atom stereocenters. The first-order valence-electron chi connectivity index (χ1n) is 9.79. The number of aliphatic hydroxyl groups excluding tert-OH is 1. The Morgan fingerprint density at radius 2 is 2.03 bits per heavy atom. The van der Waals surface area contributed by atoms with Crippen molar-refractivity contribution in [1.82, 2.24) is 15.5 Å². The van der Waals surface area contributed by atoms with Crippen molar-refractivity contribution in [2.24, 2.45) is 0 Å². The summed E-state index contributed by atoms with van der Waals surface area (Å²) in [6, 6.07) is 10.7. The zero-order valence-corrected chi connectivity index (χ0v) is 18.2. The minimum atomic E-state index is -0.855. The Hall–Kier alpha value is -2.88. The summed E-state index contributed by atoms with van der Waals surface area (Å²) in [5.41, 5.74) is 0.733. The fourth-order valence-corrected chi connectivity index (χ4v) is 3.53. The van der Waals surface area contributed by atoms with Crippen LogP contribution in [0, 0.1) is 5.82 Å². The lowest BCUT2D eigenvalue weighted by atomic mass is 10.0. The van der Waals surface area contributed by atoms with Crippen LogP contribution in [0.2, 0.25) is 10.0 Å². The maximum Gasteiger partial charge on any atom is 0.318 e. The van der Waals surface area contributed by atoms with Gasteiger partial charge in [0.1, 0.15) is 11.6 Å². The van der Waals surface area contributed by atoms with Gasteiger partial charge in [-0.3, -0.25) is 4.79 Å². The summed E-state index contributed by atoms with van der Waals surface area (Å²) >= 11 is 11.5. The van der Waals surface area contributed by atoms with Gasteiger partial charge in [0, 0.05) is 23.2 Å². The van der Waals surface area contributed by atoms with Crippen molar-refractivity contribution in [3.05, 3.63) is 58.3 Å². The normalized spacial score (nSPS) is 18.4. The van der Waals surface area contributed by atoms with Crippen LogP contribution in [0.5, 0.6) is 5.75 Å². The highest BCUT2D eigenvalue weighted by molar-refractivity contribution is 6.31. The van der Waals surface area contributed by atoms with Crippen LogP contribution < -0.4 is 15.0 Å². The number of piperidine rings is 1.